The first-order valence-electron chi connectivity index (χ1n) is 3.95. The molecule has 1 aromatic rings. The normalized spacial score (nSPS) is 15.0. The number of phenols is 2. The highest BCUT2D eigenvalue weighted by Gasteiger charge is 2.13. The zero-order chi connectivity index (χ0) is 8.55. The number of ether oxygens (including phenoxy) is 1. The van der Waals surface area contributed by atoms with Crippen molar-refractivity contribution >= 4 is 0 Å². The third-order valence-corrected chi connectivity index (χ3v) is 2.01. The van der Waals surface area contributed by atoms with Gasteiger partial charge in [0.2, 0.25) is 0 Å². The van der Waals surface area contributed by atoms with Crippen LogP contribution in [0.2, 0.25) is 0 Å². The van der Waals surface area contributed by atoms with Crippen LogP contribution in [0.15, 0.2) is 12.1 Å². The quantitative estimate of drug-likeness (QED) is 0.573. The lowest BCUT2D eigenvalue weighted by molar-refractivity contribution is 0.284. The maximum Gasteiger partial charge on any atom is 0.161 e. The van der Waals surface area contributed by atoms with Crippen molar-refractivity contribution in [3.05, 3.63) is 17.7 Å². The van der Waals surface area contributed by atoms with Gasteiger partial charge in [-0.2, -0.15) is 0 Å². The van der Waals surface area contributed by atoms with Gasteiger partial charge in [-0.15, -0.1) is 0 Å². The molecule has 0 bridgehead atoms. The molecule has 0 aliphatic carbocycles. The predicted octanol–water partition coefficient (Wildman–Crippen LogP) is 1.42. The molecule has 1 aliphatic rings. The van der Waals surface area contributed by atoms with Gasteiger partial charge in [-0.05, 0) is 24.5 Å². The minimum atomic E-state index is -0.115. The van der Waals surface area contributed by atoms with Crippen molar-refractivity contribution in [3.63, 3.8) is 0 Å². The molecular weight excluding hydrogens is 156 g/mol. The van der Waals surface area contributed by atoms with E-state index in [4.69, 9.17) is 14.9 Å². The van der Waals surface area contributed by atoms with Crippen LogP contribution in [0.4, 0.5) is 0 Å². The highest BCUT2D eigenvalue weighted by atomic mass is 16.5. The number of aromatic hydroxyl groups is 2. The number of aryl methyl sites for hydroxylation is 1. The molecule has 0 atom stereocenters. The van der Waals surface area contributed by atoms with Gasteiger partial charge < -0.3 is 14.9 Å². The van der Waals surface area contributed by atoms with Gasteiger partial charge in [0.05, 0.1) is 6.61 Å². The summed E-state index contributed by atoms with van der Waals surface area (Å²) >= 11 is 0. The minimum Gasteiger partial charge on any atom is -0.504 e. The summed E-state index contributed by atoms with van der Waals surface area (Å²) < 4.78 is 5.29. The van der Waals surface area contributed by atoms with Crippen molar-refractivity contribution in [2.24, 2.45) is 0 Å². The number of fused-ring (bicyclic) bond motifs is 1. The Kier molecular flexibility index (Phi) is 1.57. The predicted molar refractivity (Wildman–Crippen MR) is 43.6 cm³/mol. The summed E-state index contributed by atoms with van der Waals surface area (Å²) in [6, 6.07) is 3.02. The van der Waals surface area contributed by atoms with Crippen molar-refractivity contribution < 1.29 is 14.9 Å². The molecule has 0 radical (unpaired) electrons. The monoisotopic (exact) mass is 166 g/mol. The molecule has 0 amide bonds. The van der Waals surface area contributed by atoms with Gasteiger partial charge in [0, 0.05) is 6.07 Å². The van der Waals surface area contributed by atoms with Crippen LogP contribution in [0.3, 0.4) is 0 Å². The van der Waals surface area contributed by atoms with Crippen LogP contribution < -0.4 is 4.74 Å². The zero-order valence-corrected chi connectivity index (χ0v) is 6.58. The van der Waals surface area contributed by atoms with Crippen LogP contribution in [-0.2, 0) is 6.42 Å². The number of hydrogen-bond acceptors (Lipinski definition) is 3. The van der Waals surface area contributed by atoms with Crippen LogP contribution in [0, 0.1) is 0 Å². The van der Waals surface area contributed by atoms with Crippen molar-refractivity contribution in [3.8, 4) is 17.2 Å². The van der Waals surface area contributed by atoms with Gasteiger partial charge in [0.15, 0.2) is 11.5 Å². The van der Waals surface area contributed by atoms with E-state index in [0.717, 1.165) is 18.4 Å². The molecule has 0 aromatic heterocycles. The Morgan fingerprint density at radius 1 is 1.17 bits per heavy atom. The molecule has 2 N–H and O–H groups in total. The standard InChI is InChI=1S/C9H10O3/c10-7-4-6-2-1-3-12-9(6)5-8(7)11/h4-5,10-11H,1-3H2. The van der Waals surface area contributed by atoms with E-state index in [9.17, 15) is 0 Å². The molecule has 0 unspecified atom stereocenters. The molecule has 12 heavy (non-hydrogen) atoms. The topological polar surface area (TPSA) is 49.7 Å². The second kappa shape index (κ2) is 2.59. The Bertz CT molecular complexity index is 276. The highest BCUT2D eigenvalue weighted by molar-refractivity contribution is 5.49. The molecular formula is C9H10O3. The van der Waals surface area contributed by atoms with Crippen LogP contribution >= 0.6 is 0 Å². The van der Waals surface area contributed by atoms with Gasteiger partial charge in [0.25, 0.3) is 0 Å². The summed E-state index contributed by atoms with van der Waals surface area (Å²) in [5.74, 6) is 0.506. The first-order chi connectivity index (χ1) is 5.77. The molecule has 3 nitrogen and oxygen atoms in total. The average molecular weight is 166 g/mol. The molecule has 0 saturated heterocycles. The summed E-state index contributed by atoms with van der Waals surface area (Å²) in [6.07, 6.45) is 1.88. The number of benzene rings is 1. The average Bonchev–Trinajstić information content (AvgIpc) is 2.07. The van der Waals surface area contributed by atoms with Gasteiger partial charge in [-0.25, -0.2) is 0 Å². The molecule has 1 aliphatic heterocycles. The highest BCUT2D eigenvalue weighted by Crippen LogP contribution is 2.35. The smallest absolute Gasteiger partial charge is 0.161 e. The van der Waals surface area contributed by atoms with E-state index in [2.05, 4.69) is 0 Å². The molecule has 0 fully saturated rings. The van der Waals surface area contributed by atoms with Crippen molar-refractivity contribution in [1.29, 1.82) is 0 Å². The Morgan fingerprint density at radius 3 is 2.75 bits per heavy atom. The lowest BCUT2D eigenvalue weighted by atomic mass is 10.1. The molecule has 0 saturated carbocycles. The number of phenolic OH excluding ortho intramolecular Hbond substituents is 2. The lowest BCUT2D eigenvalue weighted by Crippen LogP contribution is -2.07. The SMILES string of the molecule is Oc1cc2c(cc1O)OCCC2. The fourth-order valence-corrected chi connectivity index (χ4v) is 1.38. The summed E-state index contributed by atoms with van der Waals surface area (Å²) in [5, 5.41) is 18.3. The second-order valence-electron chi connectivity index (χ2n) is 2.90. The lowest BCUT2D eigenvalue weighted by Gasteiger charge is -2.17. The number of hydrogen-bond donors (Lipinski definition) is 2. The molecule has 1 aromatic carbocycles. The summed E-state index contributed by atoms with van der Waals surface area (Å²) in [6.45, 7) is 0.692. The van der Waals surface area contributed by atoms with Gasteiger partial charge >= 0.3 is 0 Å². The van der Waals surface area contributed by atoms with Crippen molar-refractivity contribution in [1.82, 2.24) is 0 Å². The first-order valence-corrected chi connectivity index (χ1v) is 3.95. The summed E-state index contributed by atoms with van der Waals surface area (Å²) in [4.78, 5) is 0. The van der Waals surface area contributed by atoms with Gasteiger partial charge in [-0.3, -0.25) is 0 Å². The first kappa shape index (κ1) is 7.28. The van der Waals surface area contributed by atoms with Gasteiger partial charge in [-0.1, -0.05) is 0 Å². The van der Waals surface area contributed by atoms with Gasteiger partial charge in [0.1, 0.15) is 5.75 Å². The fraction of sp³-hybridized carbons (Fsp3) is 0.333. The molecule has 64 valence electrons. The fourth-order valence-electron chi connectivity index (χ4n) is 1.38. The van der Waals surface area contributed by atoms with Crippen molar-refractivity contribution in [2.75, 3.05) is 6.61 Å². The van der Waals surface area contributed by atoms with E-state index in [0.29, 0.717) is 12.4 Å². The minimum absolute atomic E-state index is 0.0701. The maximum atomic E-state index is 9.17. The van der Waals surface area contributed by atoms with Crippen LogP contribution in [0.1, 0.15) is 12.0 Å². The van der Waals surface area contributed by atoms with E-state index in [-0.39, 0.29) is 11.5 Å². The third kappa shape index (κ3) is 1.07. The Hall–Kier alpha value is -1.38. The third-order valence-electron chi connectivity index (χ3n) is 2.01. The molecule has 0 spiro atoms. The maximum absolute atomic E-state index is 9.17. The number of rotatable bonds is 0. The molecule has 2 rings (SSSR count). The zero-order valence-electron chi connectivity index (χ0n) is 6.58. The van der Waals surface area contributed by atoms with Crippen LogP contribution in [0.25, 0.3) is 0 Å². The van der Waals surface area contributed by atoms with Crippen molar-refractivity contribution in [2.45, 2.75) is 12.8 Å². The Morgan fingerprint density at radius 2 is 1.92 bits per heavy atom. The summed E-state index contributed by atoms with van der Waals surface area (Å²) in [5.41, 5.74) is 0.969. The largest absolute Gasteiger partial charge is 0.504 e. The van der Waals surface area contributed by atoms with E-state index < -0.39 is 0 Å². The van der Waals surface area contributed by atoms with E-state index >= 15 is 0 Å². The molecule has 3 heteroatoms. The second-order valence-corrected chi connectivity index (χ2v) is 2.90. The summed E-state index contributed by atoms with van der Waals surface area (Å²) in [7, 11) is 0. The Balaban J connectivity index is 2.49. The Labute approximate surface area is 70.2 Å². The van der Waals surface area contributed by atoms with Crippen LogP contribution in [-0.4, -0.2) is 16.8 Å². The van der Waals surface area contributed by atoms with E-state index in [1.165, 1.54) is 6.07 Å². The van der Waals surface area contributed by atoms with Crippen LogP contribution in [0.5, 0.6) is 17.2 Å². The van der Waals surface area contributed by atoms with E-state index in [1.54, 1.807) is 6.07 Å². The molecule has 1 heterocycles. The van der Waals surface area contributed by atoms with E-state index in [1.807, 2.05) is 0 Å².